The highest BCUT2D eigenvalue weighted by Gasteiger charge is 2.39. The summed E-state index contributed by atoms with van der Waals surface area (Å²) in [6.07, 6.45) is 0.940. The Balaban J connectivity index is 1.83. The zero-order valence-electron chi connectivity index (χ0n) is 13.2. The molecule has 2 aromatic carbocycles. The van der Waals surface area contributed by atoms with Crippen molar-refractivity contribution in [2.75, 3.05) is 11.9 Å². The summed E-state index contributed by atoms with van der Waals surface area (Å²) in [7, 11) is -3.83. The maximum absolute atomic E-state index is 13.7. The van der Waals surface area contributed by atoms with E-state index in [1.54, 1.807) is 6.07 Å². The zero-order chi connectivity index (χ0) is 18.0. The number of halogens is 2. The van der Waals surface area contributed by atoms with E-state index in [4.69, 9.17) is 11.6 Å². The molecule has 0 unspecified atom stereocenters. The van der Waals surface area contributed by atoms with Gasteiger partial charge in [-0.15, -0.1) is 0 Å². The van der Waals surface area contributed by atoms with E-state index in [-0.39, 0.29) is 17.1 Å². The van der Waals surface area contributed by atoms with E-state index in [9.17, 15) is 17.6 Å². The maximum Gasteiger partial charge on any atom is 0.243 e. The Kier molecular flexibility index (Phi) is 5.08. The molecule has 1 heterocycles. The molecule has 1 amide bonds. The Morgan fingerprint density at radius 3 is 2.52 bits per heavy atom. The number of benzene rings is 2. The van der Waals surface area contributed by atoms with Crippen molar-refractivity contribution in [2.24, 2.45) is 0 Å². The van der Waals surface area contributed by atoms with E-state index in [1.165, 1.54) is 42.5 Å². The molecule has 0 spiro atoms. The highest BCUT2D eigenvalue weighted by Crippen LogP contribution is 2.28. The number of nitrogens with one attached hydrogen (secondary N) is 1. The fraction of sp³-hybridized carbons (Fsp3) is 0.235. The van der Waals surface area contributed by atoms with Crippen LogP contribution in [0.4, 0.5) is 10.1 Å². The Morgan fingerprint density at radius 2 is 1.84 bits per heavy atom. The first-order valence-corrected chi connectivity index (χ1v) is 9.54. The van der Waals surface area contributed by atoms with Gasteiger partial charge in [-0.2, -0.15) is 4.31 Å². The van der Waals surface area contributed by atoms with Crippen molar-refractivity contribution in [1.82, 2.24) is 4.31 Å². The average molecular weight is 383 g/mol. The smallest absolute Gasteiger partial charge is 0.243 e. The lowest BCUT2D eigenvalue weighted by atomic mass is 10.2. The molecule has 0 radical (unpaired) electrons. The largest absolute Gasteiger partial charge is 0.322 e. The van der Waals surface area contributed by atoms with E-state index in [1.807, 2.05) is 0 Å². The molecule has 1 aliphatic heterocycles. The lowest BCUT2D eigenvalue weighted by Gasteiger charge is -2.23. The monoisotopic (exact) mass is 382 g/mol. The molecule has 1 N–H and O–H groups in total. The first-order valence-electron chi connectivity index (χ1n) is 7.72. The van der Waals surface area contributed by atoms with Gasteiger partial charge in [0.25, 0.3) is 0 Å². The van der Waals surface area contributed by atoms with Crippen molar-refractivity contribution >= 4 is 33.2 Å². The van der Waals surface area contributed by atoms with Crippen LogP contribution >= 0.6 is 11.6 Å². The molecule has 0 saturated carbocycles. The van der Waals surface area contributed by atoms with Crippen LogP contribution in [0.15, 0.2) is 53.4 Å². The number of amides is 1. The Morgan fingerprint density at radius 1 is 1.16 bits per heavy atom. The second kappa shape index (κ2) is 7.11. The Hall–Kier alpha value is -1.96. The van der Waals surface area contributed by atoms with Crippen LogP contribution in [0.5, 0.6) is 0 Å². The maximum atomic E-state index is 13.7. The van der Waals surface area contributed by atoms with Crippen molar-refractivity contribution in [3.8, 4) is 0 Å². The van der Waals surface area contributed by atoms with Gasteiger partial charge in [0.05, 0.1) is 10.6 Å². The minimum Gasteiger partial charge on any atom is -0.322 e. The topological polar surface area (TPSA) is 66.5 Å². The number of hydrogen-bond acceptors (Lipinski definition) is 3. The minimum absolute atomic E-state index is 0.0308. The van der Waals surface area contributed by atoms with Crippen LogP contribution in [0.1, 0.15) is 12.8 Å². The Labute approximate surface area is 150 Å². The number of nitrogens with zero attached hydrogens (tertiary/aromatic N) is 1. The molecule has 0 aliphatic carbocycles. The second-order valence-electron chi connectivity index (χ2n) is 5.70. The molecule has 0 aromatic heterocycles. The van der Waals surface area contributed by atoms with Gasteiger partial charge < -0.3 is 5.32 Å². The van der Waals surface area contributed by atoms with Gasteiger partial charge in [0.1, 0.15) is 11.9 Å². The number of hydrogen-bond donors (Lipinski definition) is 1. The molecule has 1 fully saturated rings. The normalized spacial score (nSPS) is 18.2. The van der Waals surface area contributed by atoms with Crippen LogP contribution in [0.3, 0.4) is 0 Å². The molecule has 2 aromatic rings. The Bertz CT molecular complexity index is 887. The third kappa shape index (κ3) is 3.68. The molecule has 1 aliphatic rings. The predicted molar refractivity (Wildman–Crippen MR) is 93.4 cm³/mol. The summed E-state index contributed by atoms with van der Waals surface area (Å²) in [5.41, 5.74) is 0.0308. The third-order valence-electron chi connectivity index (χ3n) is 4.06. The fourth-order valence-corrected chi connectivity index (χ4v) is 4.59. The SMILES string of the molecule is O=C(Nc1ccccc1F)[C@@H]1CCCN1S(=O)(=O)c1ccc(Cl)cc1. The lowest BCUT2D eigenvalue weighted by Crippen LogP contribution is -2.43. The molecular formula is C17H16ClFN2O3S. The van der Waals surface area contributed by atoms with Crippen LogP contribution in [0.25, 0.3) is 0 Å². The van der Waals surface area contributed by atoms with Crippen LogP contribution in [0, 0.1) is 5.82 Å². The summed E-state index contributed by atoms with van der Waals surface area (Å²) in [5, 5.41) is 2.90. The van der Waals surface area contributed by atoms with Gasteiger partial charge in [0.15, 0.2) is 0 Å². The van der Waals surface area contributed by atoms with Gasteiger partial charge in [-0.3, -0.25) is 4.79 Å². The number of carbonyl (C=O) groups is 1. The first-order chi connectivity index (χ1) is 11.9. The summed E-state index contributed by atoms with van der Waals surface area (Å²) in [5.74, 6) is -1.11. The first kappa shape index (κ1) is 17.8. The molecule has 1 atom stereocenters. The van der Waals surface area contributed by atoms with E-state index < -0.39 is 27.8 Å². The standard InChI is InChI=1S/C17H16ClFN2O3S/c18-12-7-9-13(10-8-12)25(23,24)21-11-3-6-16(21)17(22)20-15-5-2-1-4-14(15)19/h1-2,4-5,7-10,16H,3,6,11H2,(H,20,22)/t16-/m0/s1. The van der Waals surface area contributed by atoms with E-state index in [2.05, 4.69) is 5.32 Å². The van der Waals surface area contributed by atoms with Crippen molar-refractivity contribution in [2.45, 2.75) is 23.8 Å². The molecular weight excluding hydrogens is 367 g/mol. The van der Waals surface area contributed by atoms with Gasteiger partial charge in [0.2, 0.25) is 15.9 Å². The molecule has 1 saturated heterocycles. The van der Waals surface area contributed by atoms with Gasteiger partial charge in [-0.05, 0) is 49.2 Å². The zero-order valence-corrected chi connectivity index (χ0v) is 14.7. The van der Waals surface area contributed by atoms with Gasteiger partial charge in [-0.25, -0.2) is 12.8 Å². The second-order valence-corrected chi connectivity index (χ2v) is 8.02. The molecule has 8 heteroatoms. The number of para-hydroxylation sites is 1. The summed E-state index contributed by atoms with van der Waals surface area (Å²) in [4.78, 5) is 12.6. The minimum atomic E-state index is -3.83. The predicted octanol–water partition coefficient (Wildman–Crippen LogP) is 3.27. The summed E-state index contributed by atoms with van der Waals surface area (Å²) in [6.45, 7) is 0.236. The molecule has 5 nitrogen and oxygen atoms in total. The van der Waals surface area contributed by atoms with Gasteiger partial charge in [0, 0.05) is 11.6 Å². The molecule has 132 valence electrons. The average Bonchev–Trinajstić information content (AvgIpc) is 3.08. The lowest BCUT2D eigenvalue weighted by molar-refractivity contribution is -0.119. The summed E-state index contributed by atoms with van der Waals surface area (Å²) >= 11 is 5.80. The highest BCUT2D eigenvalue weighted by atomic mass is 35.5. The fourth-order valence-electron chi connectivity index (χ4n) is 2.81. The molecule has 3 rings (SSSR count). The van der Waals surface area contributed by atoms with Crippen LogP contribution in [0.2, 0.25) is 5.02 Å². The number of anilines is 1. The third-order valence-corrected chi connectivity index (χ3v) is 6.23. The summed E-state index contributed by atoms with van der Waals surface area (Å²) in [6, 6.07) is 10.7. The molecule has 0 bridgehead atoms. The van der Waals surface area contributed by atoms with E-state index in [0.717, 1.165) is 4.31 Å². The van der Waals surface area contributed by atoms with E-state index in [0.29, 0.717) is 17.9 Å². The quantitative estimate of drug-likeness (QED) is 0.882. The van der Waals surface area contributed by atoms with Crippen LogP contribution < -0.4 is 5.32 Å². The molecule has 25 heavy (non-hydrogen) atoms. The highest BCUT2D eigenvalue weighted by molar-refractivity contribution is 7.89. The van der Waals surface area contributed by atoms with Crippen LogP contribution in [-0.4, -0.2) is 31.2 Å². The van der Waals surface area contributed by atoms with Crippen LogP contribution in [-0.2, 0) is 14.8 Å². The van der Waals surface area contributed by atoms with Gasteiger partial charge in [-0.1, -0.05) is 23.7 Å². The van der Waals surface area contributed by atoms with E-state index >= 15 is 0 Å². The summed E-state index contributed by atoms with van der Waals surface area (Å²) < 4.78 is 40.5. The van der Waals surface area contributed by atoms with Crippen molar-refractivity contribution < 1.29 is 17.6 Å². The van der Waals surface area contributed by atoms with Gasteiger partial charge >= 0.3 is 0 Å². The number of rotatable bonds is 4. The van der Waals surface area contributed by atoms with Crippen molar-refractivity contribution in [1.29, 1.82) is 0 Å². The van der Waals surface area contributed by atoms with Crippen molar-refractivity contribution in [3.05, 3.63) is 59.4 Å². The van der Waals surface area contributed by atoms with Crippen molar-refractivity contribution in [3.63, 3.8) is 0 Å². The number of carbonyl (C=O) groups excluding carboxylic acids is 1. The number of sulfonamides is 1.